The predicted octanol–water partition coefficient (Wildman–Crippen LogP) is 6.22. The van der Waals surface area contributed by atoms with Gasteiger partial charge in [0.2, 0.25) is 0 Å². The maximum Gasteiger partial charge on any atom is 0 e. The summed E-state index contributed by atoms with van der Waals surface area (Å²) in [6.45, 7) is 16.8. The molecular weight excluding hydrogens is 331 g/mol. The summed E-state index contributed by atoms with van der Waals surface area (Å²) in [5, 5.41) is 17.4. The van der Waals surface area contributed by atoms with E-state index in [-0.39, 0.29) is 28.5 Å². The van der Waals surface area contributed by atoms with E-state index in [2.05, 4.69) is 69.7 Å². The molecule has 0 amide bonds. The van der Waals surface area contributed by atoms with Gasteiger partial charge in [-0.1, -0.05) is 67.7 Å². The summed E-state index contributed by atoms with van der Waals surface area (Å²) >= 11 is 0. The molecule has 0 rings (SSSR count). The quantitative estimate of drug-likeness (QED) is 0.462. The van der Waals surface area contributed by atoms with Crippen LogP contribution in [0.25, 0.3) is 21.3 Å². The Morgan fingerprint density at radius 2 is 1.22 bits per heavy atom. The largest absolute Gasteiger partial charge is 0.676 e. The van der Waals surface area contributed by atoms with Gasteiger partial charge in [0, 0.05) is 16.8 Å². The van der Waals surface area contributed by atoms with Crippen LogP contribution in [-0.4, -0.2) is 43.9 Å². The molecule has 5 heteroatoms. The Labute approximate surface area is 156 Å². The van der Waals surface area contributed by atoms with Gasteiger partial charge in [0.1, 0.15) is 0 Å². The van der Waals surface area contributed by atoms with E-state index in [9.17, 15) is 0 Å². The maximum absolute atomic E-state index is 4.48. The van der Waals surface area contributed by atoms with Gasteiger partial charge in [-0.25, -0.2) is 6.17 Å². The molecule has 23 heavy (non-hydrogen) atoms. The molecule has 0 aromatic rings. The first-order valence-corrected chi connectivity index (χ1v) is 8.69. The van der Waals surface area contributed by atoms with Crippen molar-refractivity contribution in [3.63, 3.8) is 0 Å². The first-order valence-electron chi connectivity index (χ1n) is 8.69. The zero-order chi connectivity index (χ0) is 17.8. The van der Waals surface area contributed by atoms with Crippen molar-refractivity contribution in [1.82, 2.24) is 0 Å². The minimum Gasteiger partial charge on any atom is -0.676 e. The third kappa shape index (κ3) is 20.3. The minimum atomic E-state index is 0. The minimum absolute atomic E-state index is 0. The SMILES string of the molecule is CC(C)[N-]C(C)[N-]C(C)(C)C.CCC(CC(CC)[N-]C)[N-]C.[Co]. The van der Waals surface area contributed by atoms with E-state index in [0.29, 0.717) is 18.1 Å². The van der Waals surface area contributed by atoms with Crippen LogP contribution in [0.2, 0.25) is 0 Å². The summed E-state index contributed by atoms with van der Waals surface area (Å²) < 4.78 is 0. The van der Waals surface area contributed by atoms with E-state index < -0.39 is 0 Å². The van der Waals surface area contributed by atoms with Gasteiger partial charge in [-0.3, -0.25) is 0 Å². The molecule has 0 N–H and O–H groups in total. The van der Waals surface area contributed by atoms with Crippen LogP contribution in [0.15, 0.2) is 0 Å². The first-order chi connectivity index (χ1) is 10.1. The zero-order valence-electron chi connectivity index (χ0n) is 17.1. The molecular formula is C18H40CoN4-4. The fourth-order valence-corrected chi connectivity index (χ4v) is 2.25. The molecule has 4 nitrogen and oxygen atoms in total. The molecule has 0 bridgehead atoms. The number of hydrogen-bond acceptors (Lipinski definition) is 0. The van der Waals surface area contributed by atoms with E-state index in [4.69, 9.17) is 0 Å². The molecule has 1 radical (unpaired) electrons. The summed E-state index contributed by atoms with van der Waals surface area (Å²) in [4.78, 5) is 0. The summed E-state index contributed by atoms with van der Waals surface area (Å²) in [7, 11) is 3.80. The van der Waals surface area contributed by atoms with Crippen LogP contribution >= 0.6 is 0 Å². The molecule has 0 fully saturated rings. The molecule has 0 saturated heterocycles. The molecule has 0 saturated carbocycles. The molecule has 0 aromatic heterocycles. The molecule has 0 spiro atoms. The third-order valence-electron chi connectivity index (χ3n) is 3.30. The van der Waals surface area contributed by atoms with Crippen LogP contribution < -0.4 is 0 Å². The normalized spacial score (nSPS) is 15.3. The van der Waals surface area contributed by atoms with Crippen molar-refractivity contribution < 1.29 is 16.8 Å². The van der Waals surface area contributed by atoms with Crippen LogP contribution in [0.1, 0.15) is 74.7 Å². The zero-order valence-corrected chi connectivity index (χ0v) is 18.1. The average molecular weight is 371 g/mol. The van der Waals surface area contributed by atoms with Crippen LogP contribution in [0.5, 0.6) is 0 Å². The monoisotopic (exact) mass is 371 g/mol. The van der Waals surface area contributed by atoms with Crippen molar-refractivity contribution in [2.24, 2.45) is 0 Å². The Morgan fingerprint density at radius 3 is 1.43 bits per heavy atom. The smallest absolute Gasteiger partial charge is 0 e. The molecule has 0 heterocycles. The number of nitrogens with zero attached hydrogens (tertiary/aromatic N) is 4. The second-order valence-corrected chi connectivity index (χ2v) is 7.05. The fraction of sp³-hybridized carbons (Fsp3) is 1.00. The van der Waals surface area contributed by atoms with Gasteiger partial charge in [0.05, 0.1) is 0 Å². The van der Waals surface area contributed by atoms with E-state index in [1.165, 1.54) is 0 Å². The maximum atomic E-state index is 4.48. The Bertz CT molecular complexity index is 224. The van der Waals surface area contributed by atoms with Gasteiger partial charge in [-0.05, 0) is 0 Å². The van der Waals surface area contributed by atoms with Gasteiger partial charge < -0.3 is 21.3 Å². The van der Waals surface area contributed by atoms with Gasteiger partial charge in [-0.15, -0.1) is 30.6 Å². The Morgan fingerprint density at radius 1 is 0.826 bits per heavy atom. The summed E-state index contributed by atoms with van der Waals surface area (Å²) in [5.74, 6) is 0. The van der Waals surface area contributed by atoms with Gasteiger partial charge in [-0.2, -0.15) is 14.1 Å². The third-order valence-corrected chi connectivity index (χ3v) is 3.30. The van der Waals surface area contributed by atoms with Crippen LogP contribution in [0.4, 0.5) is 0 Å². The molecule has 3 unspecified atom stereocenters. The van der Waals surface area contributed by atoms with Crippen LogP contribution in [0, 0.1) is 0 Å². The second kappa shape index (κ2) is 15.8. The molecule has 145 valence electrons. The van der Waals surface area contributed by atoms with Crippen molar-refractivity contribution in [1.29, 1.82) is 0 Å². The topological polar surface area (TPSA) is 56.4 Å². The van der Waals surface area contributed by atoms with Crippen LogP contribution in [0.3, 0.4) is 0 Å². The van der Waals surface area contributed by atoms with Crippen molar-refractivity contribution in [3.8, 4) is 0 Å². The van der Waals surface area contributed by atoms with Crippen molar-refractivity contribution in [3.05, 3.63) is 21.3 Å². The van der Waals surface area contributed by atoms with E-state index in [1.54, 1.807) is 0 Å². The Kier molecular flexibility index (Phi) is 19.4. The van der Waals surface area contributed by atoms with E-state index in [0.717, 1.165) is 19.3 Å². The summed E-state index contributed by atoms with van der Waals surface area (Å²) in [6, 6.07) is 1.42. The Hall–Kier alpha value is 0.346. The van der Waals surface area contributed by atoms with Gasteiger partial charge in [0.25, 0.3) is 0 Å². The van der Waals surface area contributed by atoms with Crippen molar-refractivity contribution in [2.75, 3.05) is 14.1 Å². The van der Waals surface area contributed by atoms with Crippen LogP contribution in [-0.2, 0) is 16.8 Å². The standard InChI is InChI=1S/2C9H20N2.Co/c1-7(2)10-8(3)11-9(4,5)6;1-5-8(10-3)7-9(6-2)11-4;/h7-8H,1-6H3;8-9H,5-7H2,1-4H3;/q2*-2;. The predicted molar refractivity (Wildman–Crippen MR) is 102 cm³/mol. The molecule has 0 aliphatic heterocycles. The molecule has 0 aromatic carbocycles. The molecule has 0 aliphatic carbocycles. The van der Waals surface area contributed by atoms with Gasteiger partial charge >= 0.3 is 0 Å². The first kappa shape index (κ1) is 28.2. The molecule has 0 aliphatic rings. The number of rotatable bonds is 9. The van der Waals surface area contributed by atoms with Gasteiger partial charge in [0.15, 0.2) is 0 Å². The van der Waals surface area contributed by atoms with Crippen molar-refractivity contribution >= 4 is 0 Å². The number of hydrogen-bond donors (Lipinski definition) is 0. The summed E-state index contributed by atoms with van der Waals surface area (Å²) in [6.07, 6.45) is 3.54. The summed E-state index contributed by atoms with van der Waals surface area (Å²) in [5.41, 5.74) is 0.0395. The fourth-order valence-electron chi connectivity index (χ4n) is 2.25. The van der Waals surface area contributed by atoms with E-state index in [1.807, 2.05) is 21.0 Å². The van der Waals surface area contributed by atoms with E-state index >= 15 is 0 Å². The Balaban J connectivity index is -0.000000333. The second-order valence-electron chi connectivity index (χ2n) is 7.05. The average Bonchev–Trinajstić information content (AvgIpc) is 2.38. The van der Waals surface area contributed by atoms with Crippen molar-refractivity contribution in [2.45, 2.75) is 104 Å². The molecule has 3 atom stereocenters.